The molecule has 0 bridgehead atoms. The Bertz CT molecular complexity index is 780. The van der Waals surface area contributed by atoms with Crippen molar-refractivity contribution in [2.45, 2.75) is 6.92 Å². The van der Waals surface area contributed by atoms with Crippen molar-refractivity contribution in [1.29, 1.82) is 0 Å². The van der Waals surface area contributed by atoms with E-state index in [-0.39, 0.29) is 11.7 Å². The van der Waals surface area contributed by atoms with Crippen molar-refractivity contribution in [3.63, 3.8) is 0 Å². The molecule has 3 rings (SSSR count). The summed E-state index contributed by atoms with van der Waals surface area (Å²) in [7, 11) is 0. The van der Waals surface area contributed by atoms with Gasteiger partial charge in [0, 0.05) is 5.69 Å². The Labute approximate surface area is 134 Å². The molecular weight excluding hydrogens is 290 g/mol. The van der Waals surface area contributed by atoms with Crippen LogP contribution in [0.2, 0.25) is 0 Å². The summed E-state index contributed by atoms with van der Waals surface area (Å²) in [5.41, 5.74) is 2.48. The minimum Gasteiger partial charge on any atom is -0.494 e. The summed E-state index contributed by atoms with van der Waals surface area (Å²) in [6.45, 7) is 2.54. The highest BCUT2D eigenvalue weighted by molar-refractivity contribution is 6.02. The van der Waals surface area contributed by atoms with Crippen LogP contribution in [0.4, 0.5) is 5.69 Å². The van der Waals surface area contributed by atoms with Gasteiger partial charge in [0.05, 0.1) is 18.5 Å². The Morgan fingerprint density at radius 1 is 1.13 bits per heavy atom. The van der Waals surface area contributed by atoms with Gasteiger partial charge in [0.1, 0.15) is 5.75 Å². The Balaban J connectivity index is 1.70. The van der Waals surface area contributed by atoms with Crippen molar-refractivity contribution in [3.05, 3.63) is 66.6 Å². The monoisotopic (exact) mass is 307 g/mol. The number of hydrogen-bond acceptors (Lipinski definition) is 3. The first kappa shape index (κ1) is 14.8. The summed E-state index contributed by atoms with van der Waals surface area (Å²) in [4.78, 5) is 19.4. The zero-order valence-corrected chi connectivity index (χ0v) is 12.7. The number of carbonyl (C=O) groups excluding carboxylic acids is 1. The summed E-state index contributed by atoms with van der Waals surface area (Å²) in [5, 5.41) is 2.80. The minimum absolute atomic E-state index is 0.276. The van der Waals surface area contributed by atoms with Crippen LogP contribution in [0.15, 0.2) is 60.8 Å². The standard InChI is InChI=1S/C18H17N3O2/c1-2-23-15-10-8-14(9-11-15)20-18(22)17-19-12-16(21-17)13-6-4-3-5-7-13/h3-12H,2H2,1H3,(H,19,21)(H,20,22). The van der Waals surface area contributed by atoms with E-state index in [9.17, 15) is 4.79 Å². The molecule has 5 heteroatoms. The van der Waals surface area contributed by atoms with Gasteiger partial charge >= 0.3 is 0 Å². The highest BCUT2D eigenvalue weighted by Gasteiger charge is 2.11. The number of ether oxygens (including phenoxy) is 1. The average Bonchev–Trinajstić information content (AvgIpc) is 3.08. The van der Waals surface area contributed by atoms with E-state index in [1.165, 1.54) is 0 Å². The number of imidazole rings is 1. The molecule has 0 atom stereocenters. The topological polar surface area (TPSA) is 67.0 Å². The molecule has 0 saturated carbocycles. The molecule has 3 aromatic rings. The van der Waals surface area contributed by atoms with Gasteiger partial charge in [-0.25, -0.2) is 4.98 Å². The smallest absolute Gasteiger partial charge is 0.291 e. The molecule has 2 aromatic carbocycles. The van der Waals surface area contributed by atoms with Gasteiger partial charge in [-0.2, -0.15) is 0 Å². The van der Waals surface area contributed by atoms with Crippen LogP contribution in [0, 0.1) is 0 Å². The lowest BCUT2D eigenvalue weighted by atomic mass is 10.2. The van der Waals surface area contributed by atoms with E-state index >= 15 is 0 Å². The second kappa shape index (κ2) is 6.79. The fourth-order valence-corrected chi connectivity index (χ4v) is 2.19. The molecule has 0 fully saturated rings. The Morgan fingerprint density at radius 2 is 1.87 bits per heavy atom. The van der Waals surface area contributed by atoms with Crippen molar-refractivity contribution in [2.24, 2.45) is 0 Å². The molecule has 0 spiro atoms. The number of nitrogens with one attached hydrogen (secondary N) is 2. The average molecular weight is 307 g/mol. The summed E-state index contributed by atoms with van der Waals surface area (Å²) >= 11 is 0. The molecule has 0 aliphatic rings. The van der Waals surface area contributed by atoms with E-state index in [4.69, 9.17) is 4.74 Å². The molecule has 1 aromatic heterocycles. The molecule has 0 aliphatic heterocycles. The maximum atomic E-state index is 12.2. The van der Waals surface area contributed by atoms with Gasteiger partial charge in [-0.3, -0.25) is 4.79 Å². The summed E-state index contributed by atoms with van der Waals surface area (Å²) in [6.07, 6.45) is 1.66. The summed E-state index contributed by atoms with van der Waals surface area (Å²) < 4.78 is 5.37. The SMILES string of the molecule is CCOc1ccc(NC(=O)c2ncc(-c3ccccc3)[nH]2)cc1. The fourth-order valence-electron chi connectivity index (χ4n) is 2.19. The van der Waals surface area contributed by atoms with Crippen LogP contribution in [0.5, 0.6) is 5.75 Å². The highest BCUT2D eigenvalue weighted by atomic mass is 16.5. The quantitative estimate of drug-likeness (QED) is 0.755. The Hall–Kier alpha value is -3.08. The van der Waals surface area contributed by atoms with E-state index in [1.807, 2.05) is 49.4 Å². The van der Waals surface area contributed by atoms with Gasteiger partial charge in [0.15, 0.2) is 5.82 Å². The molecular formula is C18H17N3O2. The number of H-pyrrole nitrogens is 1. The van der Waals surface area contributed by atoms with Gasteiger partial charge in [-0.05, 0) is 36.8 Å². The van der Waals surface area contributed by atoms with Crippen LogP contribution in [-0.2, 0) is 0 Å². The first-order chi connectivity index (χ1) is 11.3. The van der Waals surface area contributed by atoms with E-state index in [0.717, 1.165) is 17.0 Å². The van der Waals surface area contributed by atoms with Gasteiger partial charge in [0.25, 0.3) is 5.91 Å². The lowest BCUT2D eigenvalue weighted by Gasteiger charge is -2.05. The number of anilines is 1. The number of nitrogens with zero attached hydrogens (tertiary/aromatic N) is 1. The molecule has 116 valence electrons. The predicted octanol–water partition coefficient (Wildman–Crippen LogP) is 3.73. The van der Waals surface area contributed by atoms with Crippen LogP contribution >= 0.6 is 0 Å². The van der Waals surface area contributed by atoms with E-state index in [2.05, 4.69) is 15.3 Å². The number of carbonyl (C=O) groups is 1. The van der Waals surface area contributed by atoms with Crippen LogP contribution in [0.1, 0.15) is 17.5 Å². The van der Waals surface area contributed by atoms with Crippen molar-refractivity contribution in [2.75, 3.05) is 11.9 Å². The number of hydrogen-bond donors (Lipinski definition) is 2. The third kappa shape index (κ3) is 3.58. The van der Waals surface area contributed by atoms with Crippen LogP contribution < -0.4 is 10.1 Å². The minimum atomic E-state index is -0.281. The predicted molar refractivity (Wildman–Crippen MR) is 89.6 cm³/mol. The van der Waals surface area contributed by atoms with Crippen molar-refractivity contribution < 1.29 is 9.53 Å². The van der Waals surface area contributed by atoms with Crippen molar-refractivity contribution in [1.82, 2.24) is 9.97 Å². The largest absolute Gasteiger partial charge is 0.494 e. The molecule has 0 unspecified atom stereocenters. The molecule has 1 amide bonds. The van der Waals surface area contributed by atoms with E-state index < -0.39 is 0 Å². The molecule has 2 N–H and O–H groups in total. The van der Waals surface area contributed by atoms with E-state index in [1.54, 1.807) is 18.3 Å². The van der Waals surface area contributed by atoms with Crippen molar-refractivity contribution >= 4 is 11.6 Å². The molecule has 5 nitrogen and oxygen atoms in total. The van der Waals surface area contributed by atoms with Gasteiger partial charge in [-0.15, -0.1) is 0 Å². The fraction of sp³-hybridized carbons (Fsp3) is 0.111. The number of benzene rings is 2. The second-order valence-corrected chi connectivity index (χ2v) is 4.92. The Kier molecular flexibility index (Phi) is 4.38. The number of rotatable bonds is 5. The Morgan fingerprint density at radius 3 is 2.57 bits per heavy atom. The van der Waals surface area contributed by atoms with Gasteiger partial charge in [-0.1, -0.05) is 30.3 Å². The second-order valence-electron chi connectivity index (χ2n) is 4.92. The van der Waals surface area contributed by atoms with Gasteiger partial charge in [0.2, 0.25) is 0 Å². The normalized spacial score (nSPS) is 10.3. The maximum Gasteiger partial charge on any atom is 0.291 e. The third-order valence-electron chi connectivity index (χ3n) is 3.30. The van der Waals surface area contributed by atoms with Crippen LogP contribution in [0.3, 0.4) is 0 Å². The zero-order chi connectivity index (χ0) is 16.1. The van der Waals surface area contributed by atoms with Crippen molar-refractivity contribution in [3.8, 4) is 17.0 Å². The molecule has 1 heterocycles. The number of aromatic amines is 1. The lowest BCUT2D eigenvalue weighted by Crippen LogP contribution is -2.13. The third-order valence-corrected chi connectivity index (χ3v) is 3.30. The number of aromatic nitrogens is 2. The summed E-state index contributed by atoms with van der Waals surface area (Å²) in [6, 6.07) is 17.0. The van der Waals surface area contributed by atoms with Crippen LogP contribution in [-0.4, -0.2) is 22.5 Å². The molecule has 0 saturated heterocycles. The van der Waals surface area contributed by atoms with Gasteiger partial charge < -0.3 is 15.0 Å². The maximum absolute atomic E-state index is 12.2. The first-order valence-electron chi connectivity index (χ1n) is 7.41. The van der Waals surface area contributed by atoms with E-state index in [0.29, 0.717) is 12.3 Å². The molecule has 23 heavy (non-hydrogen) atoms. The summed E-state index contributed by atoms with van der Waals surface area (Å²) in [5.74, 6) is 0.768. The molecule has 0 radical (unpaired) electrons. The number of amides is 1. The lowest BCUT2D eigenvalue weighted by molar-refractivity contribution is 0.101. The zero-order valence-electron chi connectivity index (χ0n) is 12.7. The highest BCUT2D eigenvalue weighted by Crippen LogP contribution is 2.18. The molecule has 0 aliphatic carbocycles. The first-order valence-corrected chi connectivity index (χ1v) is 7.41. The van der Waals surface area contributed by atoms with Crippen LogP contribution in [0.25, 0.3) is 11.3 Å².